The van der Waals surface area contributed by atoms with E-state index >= 15 is 0 Å². The summed E-state index contributed by atoms with van der Waals surface area (Å²) >= 11 is 6.34. The van der Waals surface area contributed by atoms with Crippen LogP contribution in [-0.2, 0) is 6.54 Å². The minimum absolute atomic E-state index is 0.0135. The molecule has 0 aromatic heterocycles. The SMILES string of the molecule is N#Cc1ccc(NC(=NC2CCN(Cc3ccccc3)CC2)Nc2ccccc2Cl)c(O)c1. The minimum Gasteiger partial charge on any atom is -0.506 e. The molecule has 0 unspecified atom stereocenters. The number of aliphatic imine (C=N–C) groups is 1. The van der Waals surface area contributed by atoms with Crippen LogP contribution in [0, 0.1) is 11.3 Å². The first-order chi connectivity index (χ1) is 16.1. The van der Waals surface area contributed by atoms with Gasteiger partial charge in [0, 0.05) is 19.6 Å². The van der Waals surface area contributed by atoms with E-state index in [-0.39, 0.29) is 11.8 Å². The van der Waals surface area contributed by atoms with Gasteiger partial charge in [-0.15, -0.1) is 0 Å². The highest BCUT2D eigenvalue weighted by atomic mass is 35.5. The Morgan fingerprint density at radius 3 is 2.39 bits per heavy atom. The summed E-state index contributed by atoms with van der Waals surface area (Å²) in [6, 6.07) is 24.9. The smallest absolute Gasteiger partial charge is 0.200 e. The van der Waals surface area contributed by atoms with Gasteiger partial charge in [0.2, 0.25) is 5.96 Å². The van der Waals surface area contributed by atoms with Crippen LogP contribution in [0.15, 0.2) is 77.8 Å². The van der Waals surface area contributed by atoms with Crippen molar-refractivity contribution in [2.45, 2.75) is 25.4 Å². The molecule has 6 nitrogen and oxygen atoms in total. The zero-order valence-corrected chi connectivity index (χ0v) is 19.0. The van der Waals surface area contributed by atoms with Crippen molar-refractivity contribution in [3.63, 3.8) is 0 Å². The second kappa shape index (κ2) is 10.9. The van der Waals surface area contributed by atoms with Crippen LogP contribution in [0.25, 0.3) is 0 Å². The number of hydrogen-bond donors (Lipinski definition) is 3. The molecule has 0 bridgehead atoms. The fourth-order valence-corrected chi connectivity index (χ4v) is 4.03. The molecule has 168 valence electrons. The monoisotopic (exact) mass is 459 g/mol. The van der Waals surface area contributed by atoms with Crippen LogP contribution >= 0.6 is 11.6 Å². The van der Waals surface area contributed by atoms with Gasteiger partial charge in [0.25, 0.3) is 0 Å². The van der Waals surface area contributed by atoms with Gasteiger partial charge in [-0.25, -0.2) is 4.99 Å². The van der Waals surface area contributed by atoms with Crippen LogP contribution in [0.4, 0.5) is 11.4 Å². The maximum Gasteiger partial charge on any atom is 0.200 e. The Morgan fingerprint density at radius 2 is 1.70 bits per heavy atom. The number of phenolic OH excluding ortho intramolecular Hbond substituents is 1. The molecule has 1 aliphatic heterocycles. The van der Waals surface area contributed by atoms with Gasteiger partial charge in [-0.1, -0.05) is 54.1 Å². The Bertz CT molecular complexity index is 1150. The molecule has 0 amide bonds. The fraction of sp³-hybridized carbons (Fsp3) is 0.231. The molecule has 0 spiro atoms. The average Bonchev–Trinajstić information content (AvgIpc) is 2.83. The lowest BCUT2D eigenvalue weighted by Gasteiger charge is -2.30. The number of rotatable bonds is 5. The highest BCUT2D eigenvalue weighted by Gasteiger charge is 2.20. The molecule has 0 saturated carbocycles. The predicted octanol–water partition coefficient (Wildman–Crippen LogP) is 5.46. The molecule has 0 radical (unpaired) electrons. The van der Waals surface area contributed by atoms with Gasteiger partial charge < -0.3 is 15.7 Å². The number of likely N-dealkylation sites (tertiary alicyclic amines) is 1. The average molecular weight is 460 g/mol. The third kappa shape index (κ3) is 6.26. The van der Waals surface area contributed by atoms with E-state index in [4.69, 9.17) is 21.9 Å². The van der Waals surface area contributed by atoms with E-state index in [0.717, 1.165) is 38.2 Å². The topological polar surface area (TPSA) is 83.7 Å². The summed E-state index contributed by atoms with van der Waals surface area (Å²) in [5, 5.41) is 26.4. The second-order valence-corrected chi connectivity index (χ2v) is 8.45. The normalized spacial score (nSPS) is 15.1. The van der Waals surface area contributed by atoms with Crippen molar-refractivity contribution < 1.29 is 5.11 Å². The third-order valence-corrected chi connectivity index (χ3v) is 5.95. The number of nitrogens with zero attached hydrogens (tertiary/aromatic N) is 3. The lowest BCUT2D eigenvalue weighted by Crippen LogP contribution is -2.36. The standard InChI is InChI=1S/C26H26ClN5O/c27-22-8-4-5-9-23(22)30-26(31-24-11-10-20(17-28)16-25(24)33)29-21-12-14-32(15-13-21)18-19-6-2-1-3-7-19/h1-11,16,21,33H,12-15,18H2,(H2,29,30,31). The molecule has 4 rings (SSSR count). The zero-order valence-electron chi connectivity index (χ0n) is 18.2. The van der Waals surface area contributed by atoms with Crippen LogP contribution in [0.1, 0.15) is 24.0 Å². The summed E-state index contributed by atoms with van der Waals surface area (Å²) in [5.41, 5.74) is 2.90. The van der Waals surface area contributed by atoms with E-state index in [0.29, 0.717) is 22.2 Å². The molecule has 0 aliphatic carbocycles. The van der Waals surface area contributed by atoms with E-state index in [1.54, 1.807) is 12.1 Å². The van der Waals surface area contributed by atoms with E-state index in [1.807, 2.05) is 36.4 Å². The zero-order chi connectivity index (χ0) is 23.0. The fourth-order valence-electron chi connectivity index (χ4n) is 3.85. The molecule has 33 heavy (non-hydrogen) atoms. The highest BCUT2D eigenvalue weighted by Crippen LogP contribution is 2.26. The number of aromatic hydroxyl groups is 1. The molecular weight excluding hydrogens is 434 g/mol. The van der Waals surface area contributed by atoms with Crippen LogP contribution in [0.2, 0.25) is 5.02 Å². The molecule has 1 aliphatic rings. The Labute approximate surface area is 199 Å². The maximum absolute atomic E-state index is 10.3. The Kier molecular flexibility index (Phi) is 7.46. The number of phenols is 1. The lowest BCUT2D eigenvalue weighted by molar-refractivity contribution is 0.206. The molecule has 1 fully saturated rings. The second-order valence-electron chi connectivity index (χ2n) is 8.04. The Morgan fingerprint density at radius 1 is 1.00 bits per heavy atom. The molecule has 3 N–H and O–H groups in total. The van der Waals surface area contributed by atoms with E-state index < -0.39 is 0 Å². The largest absolute Gasteiger partial charge is 0.506 e. The number of piperidine rings is 1. The first-order valence-corrected chi connectivity index (χ1v) is 11.3. The molecular formula is C26H26ClN5O. The van der Waals surface area contributed by atoms with Crippen molar-refractivity contribution in [1.82, 2.24) is 4.90 Å². The first kappa shape index (κ1) is 22.7. The lowest BCUT2D eigenvalue weighted by atomic mass is 10.0. The summed E-state index contributed by atoms with van der Waals surface area (Å²) in [6.45, 7) is 2.87. The van der Waals surface area contributed by atoms with Gasteiger partial charge in [0.05, 0.1) is 34.1 Å². The molecule has 0 atom stereocenters. The molecule has 1 heterocycles. The van der Waals surface area contributed by atoms with Crippen LogP contribution in [-0.4, -0.2) is 35.1 Å². The maximum atomic E-state index is 10.3. The van der Waals surface area contributed by atoms with Crippen molar-refractivity contribution in [3.8, 4) is 11.8 Å². The molecule has 3 aromatic carbocycles. The summed E-state index contributed by atoms with van der Waals surface area (Å²) < 4.78 is 0. The van der Waals surface area contributed by atoms with Crippen LogP contribution in [0.5, 0.6) is 5.75 Å². The number of para-hydroxylation sites is 1. The van der Waals surface area contributed by atoms with Gasteiger partial charge in [0.1, 0.15) is 5.75 Å². The van der Waals surface area contributed by atoms with Crippen LogP contribution < -0.4 is 10.6 Å². The molecule has 1 saturated heterocycles. The van der Waals surface area contributed by atoms with Gasteiger partial charge >= 0.3 is 0 Å². The van der Waals surface area contributed by atoms with Gasteiger partial charge in [-0.2, -0.15) is 5.26 Å². The summed E-state index contributed by atoms with van der Waals surface area (Å²) in [6.07, 6.45) is 1.86. The van der Waals surface area contributed by atoms with Crippen molar-refractivity contribution in [3.05, 3.63) is 88.9 Å². The Balaban J connectivity index is 1.48. The summed E-state index contributed by atoms with van der Waals surface area (Å²) in [4.78, 5) is 7.37. The van der Waals surface area contributed by atoms with Crippen molar-refractivity contribution in [2.24, 2.45) is 4.99 Å². The van der Waals surface area contributed by atoms with E-state index in [1.165, 1.54) is 11.6 Å². The molecule has 7 heteroatoms. The number of nitrogens with one attached hydrogen (secondary N) is 2. The van der Waals surface area contributed by atoms with E-state index in [2.05, 4.69) is 39.8 Å². The van der Waals surface area contributed by atoms with E-state index in [9.17, 15) is 5.11 Å². The van der Waals surface area contributed by atoms with Crippen molar-refractivity contribution in [2.75, 3.05) is 23.7 Å². The first-order valence-electron chi connectivity index (χ1n) is 11.0. The third-order valence-electron chi connectivity index (χ3n) is 5.62. The highest BCUT2D eigenvalue weighted by molar-refractivity contribution is 6.33. The van der Waals surface area contributed by atoms with Crippen LogP contribution in [0.3, 0.4) is 0 Å². The number of guanidine groups is 1. The number of halogens is 1. The van der Waals surface area contributed by atoms with Crippen molar-refractivity contribution >= 4 is 28.9 Å². The Hall–Kier alpha value is -3.53. The van der Waals surface area contributed by atoms with Gasteiger partial charge in [-0.05, 0) is 48.7 Å². The minimum atomic E-state index is -0.0135. The number of anilines is 2. The number of hydrogen-bond acceptors (Lipinski definition) is 4. The number of benzene rings is 3. The quantitative estimate of drug-likeness (QED) is 0.268. The number of nitriles is 1. The molecule has 3 aromatic rings. The van der Waals surface area contributed by atoms with Gasteiger partial charge in [0.15, 0.2) is 0 Å². The summed E-state index contributed by atoms with van der Waals surface area (Å²) in [7, 11) is 0. The van der Waals surface area contributed by atoms with Gasteiger partial charge in [-0.3, -0.25) is 4.90 Å². The summed E-state index contributed by atoms with van der Waals surface area (Å²) in [5.74, 6) is 0.491. The van der Waals surface area contributed by atoms with Crippen molar-refractivity contribution in [1.29, 1.82) is 5.26 Å². The predicted molar refractivity (Wildman–Crippen MR) is 134 cm³/mol.